The van der Waals surface area contributed by atoms with Crippen molar-refractivity contribution in [1.82, 2.24) is 4.98 Å². The number of carboxylic acid groups (broad SMARTS) is 1. The van der Waals surface area contributed by atoms with Crippen molar-refractivity contribution in [2.75, 3.05) is 0 Å². The van der Waals surface area contributed by atoms with E-state index in [4.69, 9.17) is 5.11 Å². The fourth-order valence-corrected chi connectivity index (χ4v) is 1.18. The maximum atomic E-state index is 11.1. The van der Waals surface area contributed by atoms with Crippen LogP contribution in [-0.2, 0) is 4.79 Å². The number of carboxylic acids is 1. The van der Waals surface area contributed by atoms with E-state index in [9.17, 15) is 9.59 Å². The molecule has 14 heavy (non-hydrogen) atoms. The molecule has 4 nitrogen and oxygen atoms in total. The summed E-state index contributed by atoms with van der Waals surface area (Å²) in [5.74, 6) is -1.51. The number of nitrogens with zero attached hydrogens (tertiary/aromatic N) is 1. The molecule has 1 unspecified atom stereocenters. The van der Waals surface area contributed by atoms with Crippen LogP contribution in [-0.4, -0.2) is 21.8 Å². The Bertz CT molecular complexity index is 373. The molecular formula is C10H11NO3. The Morgan fingerprint density at radius 1 is 1.50 bits per heavy atom. The van der Waals surface area contributed by atoms with E-state index in [1.807, 2.05) is 0 Å². The maximum absolute atomic E-state index is 11.1. The molecule has 1 aromatic heterocycles. The molecular weight excluding hydrogens is 182 g/mol. The summed E-state index contributed by atoms with van der Waals surface area (Å²) in [6.07, 6.45) is 2.75. The number of carbonyl (C=O) groups excluding carboxylic acids is 1. The summed E-state index contributed by atoms with van der Waals surface area (Å²) in [4.78, 5) is 25.6. The Hall–Kier alpha value is -1.71. The topological polar surface area (TPSA) is 67.3 Å². The van der Waals surface area contributed by atoms with Gasteiger partial charge in [-0.2, -0.15) is 0 Å². The van der Waals surface area contributed by atoms with Crippen molar-refractivity contribution in [2.45, 2.75) is 19.8 Å². The van der Waals surface area contributed by atoms with Crippen molar-refractivity contribution >= 4 is 11.8 Å². The number of pyridine rings is 1. The fourth-order valence-electron chi connectivity index (χ4n) is 1.18. The number of Topliss-reactive ketones (excluding diaryl/α,β-unsaturated/α-hetero) is 1. The first-order valence-corrected chi connectivity index (χ1v) is 4.21. The van der Waals surface area contributed by atoms with Gasteiger partial charge in [0.1, 0.15) is 5.78 Å². The summed E-state index contributed by atoms with van der Waals surface area (Å²) in [5, 5.41) is 8.85. The van der Waals surface area contributed by atoms with Crippen LogP contribution in [0, 0.1) is 0 Å². The molecule has 0 aliphatic carbocycles. The standard InChI is InChI=1S/C10H11NO3/c1-6(7(2)12)8-3-4-11-5-9(8)10(13)14/h3-6H,1-2H3,(H,13,14). The highest BCUT2D eigenvalue weighted by molar-refractivity contribution is 5.92. The summed E-state index contributed by atoms with van der Waals surface area (Å²) >= 11 is 0. The molecule has 74 valence electrons. The van der Waals surface area contributed by atoms with Crippen molar-refractivity contribution in [2.24, 2.45) is 0 Å². The lowest BCUT2D eigenvalue weighted by Crippen LogP contribution is -2.11. The van der Waals surface area contributed by atoms with E-state index in [1.54, 1.807) is 13.0 Å². The Morgan fingerprint density at radius 3 is 2.64 bits per heavy atom. The van der Waals surface area contributed by atoms with E-state index in [0.717, 1.165) is 0 Å². The zero-order chi connectivity index (χ0) is 10.7. The molecule has 1 atom stereocenters. The molecule has 1 rings (SSSR count). The normalized spacial score (nSPS) is 12.1. The third-order valence-corrected chi connectivity index (χ3v) is 2.16. The van der Waals surface area contributed by atoms with Crippen LogP contribution in [0.1, 0.15) is 35.7 Å². The molecule has 0 saturated carbocycles. The number of ketones is 1. The van der Waals surface area contributed by atoms with Gasteiger partial charge in [0, 0.05) is 18.3 Å². The Labute approximate surface area is 81.6 Å². The van der Waals surface area contributed by atoms with E-state index >= 15 is 0 Å². The molecule has 0 aliphatic heterocycles. The highest BCUT2D eigenvalue weighted by Gasteiger charge is 2.18. The second-order valence-electron chi connectivity index (χ2n) is 3.10. The van der Waals surface area contributed by atoms with Crippen molar-refractivity contribution in [3.05, 3.63) is 29.6 Å². The van der Waals surface area contributed by atoms with Gasteiger partial charge < -0.3 is 5.11 Å². The zero-order valence-corrected chi connectivity index (χ0v) is 8.02. The number of hydrogen-bond donors (Lipinski definition) is 1. The molecule has 0 bridgehead atoms. The molecule has 1 heterocycles. The Balaban J connectivity index is 3.19. The van der Waals surface area contributed by atoms with Crippen LogP contribution in [0.5, 0.6) is 0 Å². The zero-order valence-electron chi connectivity index (χ0n) is 8.02. The molecule has 0 radical (unpaired) electrons. The maximum Gasteiger partial charge on any atom is 0.337 e. The molecule has 0 spiro atoms. The SMILES string of the molecule is CC(=O)C(C)c1ccncc1C(=O)O. The molecule has 0 saturated heterocycles. The molecule has 0 aromatic carbocycles. The fraction of sp³-hybridized carbons (Fsp3) is 0.300. The van der Waals surface area contributed by atoms with Crippen LogP contribution in [0.25, 0.3) is 0 Å². The lowest BCUT2D eigenvalue weighted by molar-refractivity contribution is -0.118. The van der Waals surface area contributed by atoms with Gasteiger partial charge in [-0.3, -0.25) is 9.78 Å². The molecule has 0 amide bonds. The van der Waals surface area contributed by atoms with Crippen LogP contribution < -0.4 is 0 Å². The quantitative estimate of drug-likeness (QED) is 0.789. The Kier molecular flexibility index (Phi) is 2.96. The number of hydrogen-bond acceptors (Lipinski definition) is 3. The third-order valence-electron chi connectivity index (χ3n) is 2.16. The van der Waals surface area contributed by atoms with Gasteiger partial charge in [-0.1, -0.05) is 6.92 Å². The van der Waals surface area contributed by atoms with Gasteiger partial charge in [0.25, 0.3) is 0 Å². The monoisotopic (exact) mass is 193 g/mol. The van der Waals surface area contributed by atoms with Crippen LogP contribution >= 0.6 is 0 Å². The summed E-state index contributed by atoms with van der Waals surface area (Å²) in [6, 6.07) is 1.56. The first-order valence-electron chi connectivity index (χ1n) is 4.21. The highest BCUT2D eigenvalue weighted by atomic mass is 16.4. The average Bonchev–Trinajstić information content (AvgIpc) is 2.16. The van der Waals surface area contributed by atoms with Crippen molar-refractivity contribution in [1.29, 1.82) is 0 Å². The van der Waals surface area contributed by atoms with Crippen molar-refractivity contribution in [3.8, 4) is 0 Å². The van der Waals surface area contributed by atoms with Gasteiger partial charge in [-0.25, -0.2) is 4.79 Å². The van der Waals surface area contributed by atoms with Crippen molar-refractivity contribution < 1.29 is 14.7 Å². The predicted molar refractivity (Wildman–Crippen MR) is 50.3 cm³/mol. The van der Waals surface area contributed by atoms with E-state index in [2.05, 4.69) is 4.98 Å². The highest BCUT2D eigenvalue weighted by Crippen LogP contribution is 2.19. The van der Waals surface area contributed by atoms with E-state index < -0.39 is 11.9 Å². The van der Waals surface area contributed by atoms with E-state index in [-0.39, 0.29) is 11.3 Å². The van der Waals surface area contributed by atoms with Gasteiger partial charge in [0.05, 0.1) is 5.56 Å². The number of carbonyl (C=O) groups is 2. The van der Waals surface area contributed by atoms with Gasteiger partial charge in [0.2, 0.25) is 0 Å². The largest absolute Gasteiger partial charge is 0.478 e. The third kappa shape index (κ3) is 1.96. The molecule has 4 heteroatoms. The smallest absolute Gasteiger partial charge is 0.337 e. The summed E-state index contributed by atoms with van der Waals surface area (Å²) < 4.78 is 0. The predicted octanol–water partition coefficient (Wildman–Crippen LogP) is 1.47. The molecule has 0 fully saturated rings. The first kappa shape index (κ1) is 10.4. The van der Waals surface area contributed by atoms with Crippen LogP contribution in [0.2, 0.25) is 0 Å². The van der Waals surface area contributed by atoms with Gasteiger partial charge in [-0.05, 0) is 18.6 Å². The lowest BCUT2D eigenvalue weighted by atomic mass is 9.94. The van der Waals surface area contributed by atoms with Crippen LogP contribution in [0.4, 0.5) is 0 Å². The second-order valence-corrected chi connectivity index (χ2v) is 3.10. The van der Waals surface area contributed by atoms with Crippen LogP contribution in [0.3, 0.4) is 0 Å². The second kappa shape index (κ2) is 4.00. The number of aromatic nitrogens is 1. The molecule has 0 aliphatic rings. The summed E-state index contributed by atoms with van der Waals surface area (Å²) in [5.41, 5.74) is 0.607. The summed E-state index contributed by atoms with van der Waals surface area (Å²) in [7, 11) is 0. The van der Waals surface area contributed by atoms with Crippen LogP contribution in [0.15, 0.2) is 18.5 Å². The summed E-state index contributed by atoms with van der Waals surface area (Å²) in [6.45, 7) is 3.13. The number of rotatable bonds is 3. The minimum Gasteiger partial charge on any atom is -0.478 e. The minimum atomic E-state index is -1.05. The average molecular weight is 193 g/mol. The molecule has 1 N–H and O–H groups in total. The lowest BCUT2D eigenvalue weighted by Gasteiger charge is -2.10. The van der Waals surface area contributed by atoms with Gasteiger partial charge in [0.15, 0.2) is 0 Å². The van der Waals surface area contributed by atoms with Crippen molar-refractivity contribution in [3.63, 3.8) is 0 Å². The minimum absolute atomic E-state index is 0.0568. The molecule has 1 aromatic rings. The van der Waals surface area contributed by atoms with Gasteiger partial charge in [-0.15, -0.1) is 0 Å². The first-order chi connectivity index (χ1) is 6.54. The van der Waals surface area contributed by atoms with E-state index in [0.29, 0.717) is 5.56 Å². The van der Waals surface area contributed by atoms with E-state index in [1.165, 1.54) is 19.3 Å². The van der Waals surface area contributed by atoms with Gasteiger partial charge >= 0.3 is 5.97 Å². The Morgan fingerprint density at radius 2 is 2.14 bits per heavy atom. The number of aromatic carboxylic acids is 1.